The van der Waals surface area contributed by atoms with Crippen LogP contribution in [0.5, 0.6) is 0 Å². The molecule has 0 aromatic carbocycles. The molecule has 0 aliphatic rings. The first-order valence-corrected chi connectivity index (χ1v) is 23.4. The maximum Gasteiger partial charge on any atom is 0.305 e. The van der Waals surface area contributed by atoms with Crippen LogP contribution in [0.3, 0.4) is 0 Å². The van der Waals surface area contributed by atoms with E-state index in [1.807, 2.05) is 57.6 Å². The van der Waals surface area contributed by atoms with Gasteiger partial charge in [-0.05, 0) is 70.3 Å². The molecule has 0 amide bonds. The van der Waals surface area contributed by atoms with Crippen LogP contribution in [-0.2, 0) is 27.9 Å². The Bertz CT molecular complexity index is 1170. The average molecular weight is 824 g/mol. The average Bonchev–Trinajstić information content (AvgIpc) is 3.15. The Balaban J connectivity index is 4.55. The van der Waals surface area contributed by atoms with Gasteiger partial charge in [0.1, 0.15) is 19.8 Å². The van der Waals surface area contributed by atoms with Gasteiger partial charge in [-0.3, -0.25) is 9.36 Å². The number of nitrogens with zero attached hydrogens (tertiary/aromatic N) is 1. The molecule has 0 fully saturated rings. The molecule has 0 spiro atoms. The van der Waals surface area contributed by atoms with Gasteiger partial charge in [-0.25, -0.2) is 0 Å². The summed E-state index contributed by atoms with van der Waals surface area (Å²) in [7, 11) is 1.22. The number of allylic oxidation sites excluding steroid dienone is 9. The van der Waals surface area contributed by atoms with Crippen LogP contribution in [0, 0.1) is 0 Å². The number of rotatable bonds is 39. The Morgan fingerprint density at radius 3 is 1.77 bits per heavy atom. The number of phosphoric acid groups is 1. The van der Waals surface area contributed by atoms with Crippen molar-refractivity contribution in [3.8, 4) is 0 Å². The lowest BCUT2D eigenvalue weighted by Gasteiger charge is -2.28. The van der Waals surface area contributed by atoms with E-state index in [9.17, 15) is 24.5 Å². The number of aliphatic hydroxyl groups excluding tert-OH is 2. The van der Waals surface area contributed by atoms with Crippen molar-refractivity contribution >= 4 is 13.8 Å². The second-order valence-corrected chi connectivity index (χ2v) is 17.2. The van der Waals surface area contributed by atoms with Gasteiger partial charge in [-0.1, -0.05) is 139 Å². The zero-order chi connectivity index (χ0) is 42.3. The van der Waals surface area contributed by atoms with Gasteiger partial charge in [0, 0.05) is 6.42 Å². The number of phosphoric ester groups is 1. The number of carbonyl (C=O) groups excluding carboxylic acids is 1. The molecule has 0 heterocycles. The first-order chi connectivity index (χ1) is 27.4. The summed E-state index contributed by atoms with van der Waals surface area (Å²) < 4.78 is 34.1. The lowest BCUT2D eigenvalue weighted by molar-refractivity contribution is -0.870. The normalized spacial score (nSPS) is 15.5. The molecule has 0 rings (SSSR count). The number of hydrogen-bond donors (Lipinski definition) is 2. The van der Waals surface area contributed by atoms with Crippen molar-refractivity contribution in [3.63, 3.8) is 0 Å². The molecule has 0 aliphatic heterocycles. The summed E-state index contributed by atoms with van der Waals surface area (Å²) in [6.07, 6.45) is 42.3. The van der Waals surface area contributed by atoms with Crippen LogP contribution in [-0.4, -0.2) is 86.5 Å². The molecule has 4 atom stereocenters. The molecule has 57 heavy (non-hydrogen) atoms. The number of quaternary nitrogens is 1. The van der Waals surface area contributed by atoms with Crippen LogP contribution < -0.4 is 4.89 Å². The first-order valence-electron chi connectivity index (χ1n) is 21.9. The minimum atomic E-state index is -4.58. The summed E-state index contributed by atoms with van der Waals surface area (Å²) in [6, 6.07) is 0. The van der Waals surface area contributed by atoms with E-state index < -0.39 is 32.1 Å². The fourth-order valence-corrected chi connectivity index (χ4v) is 6.17. The topological polar surface area (TPSA) is 135 Å². The molecular formula is C46H82NO9P. The fourth-order valence-electron chi connectivity index (χ4n) is 5.44. The highest BCUT2D eigenvalue weighted by Gasteiger charge is 2.19. The Labute approximate surface area is 348 Å². The number of carbonyl (C=O) groups is 1. The number of ether oxygens (including phenoxy) is 2. The summed E-state index contributed by atoms with van der Waals surface area (Å²) in [6.45, 7) is 4.31. The van der Waals surface area contributed by atoms with E-state index in [4.69, 9.17) is 18.5 Å². The van der Waals surface area contributed by atoms with Gasteiger partial charge in [0.25, 0.3) is 7.82 Å². The van der Waals surface area contributed by atoms with Gasteiger partial charge >= 0.3 is 5.97 Å². The SMILES string of the molecule is CCCCCC/C=C\CCCCCCCC/C=C/O[C@H](COC(=O)CCC[C@@H](O)/C=C/C=C\C/C=C\C=C\[C@@H](O)CCCCC)COP(=O)([O-])OCC[N+](C)(C)C. The van der Waals surface area contributed by atoms with Gasteiger partial charge in [0.15, 0.2) is 6.10 Å². The minimum Gasteiger partial charge on any atom is -0.756 e. The minimum absolute atomic E-state index is 0.0147. The monoisotopic (exact) mass is 824 g/mol. The van der Waals surface area contributed by atoms with E-state index in [1.165, 1.54) is 70.5 Å². The van der Waals surface area contributed by atoms with Crippen molar-refractivity contribution in [2.75, 3.05) is 47.5 Å². The van der Waals surface area contributed by atoms with E-state index in [-0.39, 0.29) is 26.2 Å². The predicted octanol–water partition coefficient (Wildman–Crippen LogP) is 10.4. The van der Waals surface area contributed by atoms with Crippen LogP contribution in [0.4, 0.5) is 0 Å². The Morgan fingerprint density at radius 1 is 0.667 bits per heavy atom. The van der Waals surface area contributed by atoms with E-state index in [0.29, 0.717) is 23.9 Å². The molecule has 11 heteroatoms. The first kappa shape index (κ1) is 54.7. The van der Waals surface area contributed by atoms with E-state index in [2.05, 4.69) is 26.0 Å². The van der Waals surface area contributed by atoms with Gasteiger partial charge < -0.3 is 38.1 Å². The highest BCUT2D eigenvalue weighted by atomic mass is 31.2. The van der Waals surface area contributed by atoms with Crippen LogP contribution >= 0.6 is 7.82 Å². The van der Waals surface area contributed by atoms with E-state index in [0.717, 1.165) is 51.4 Å². The third kappa shape index (κ3) is 41.7. The quantitative estimate of drug-likeness (QED) is 0.0118. The maximum atomic E-state index is 12.5. The van der Waals surface area contributed by atoms with Gasteiger partial charge in [0.2, 0.25) is 0 Å². The number of likely N-dealkylation sites (N-methyl/N-ethyl adjacent to an activating group) is 1. The molecule has 0 aliphatic carbocycles. The molecule has 1 unspecified atom stereocenters. The van der Waals surface area contributed by atoms with Crippen molar-refractivity contribution in [2.24, 2.45) is 0 Å². The van der Waals surface area contributed by atoms with Crippen LogP contribution in [0.1, 0.15) is 149 Å². The largest absolute Gasteiger partial charge is 0.756 e. The number of unbranched alkanes of at least 4 members (excludes halogenated alkanes) is 13. The molecule has 0 saturated carbocycles. The molecule has 2 N–H and O–H groups in total. The molecule has 0 aromatic heterocycles. The summed E-state index contributed by atoms with van der Waals surface area (Å²) in [5, 5.41) is 20.2. The second-order valence-electron chi connectivity index (χ2n) is 15.8. The predicted molar refractivity (Wildman–Crippen MR) is 233 cm³/mol. The highest BCUT2D eigenvalue weighted by molar-refractivity contribution is 7.45. The van der Waals surface area contributed by atoms with Crippen molar-refractivity contribution in [2.45, 2.75) is 167 Å². The number of hydrogen-bond acceptors (Lipinski definition) is 9. The third-order valence-corrected chi connectivity index (χ3v) is 9.99. The zero-order valence-electron chi connectivity index (χ0n) is 36.5. The fraction of sp³-hybridized carbons (Fsp3) is 0.717. The molecule has 0 aromatic rings. The van der Waals surface area contributed by atoms with Crippen LogP contribution in [0.2, 0.25) is 0 Å². The van der Waals surface area contributed by atoms with Crippen LogP contribution in [0.25, 0.3) is 0 Å². The number of esters is 1. The van der Waals surface area contributed by atoms with Crippen molar-refractivity contribution in [1.82, 2.24) is 0 Å². The molecule has 0 radical (unpaired) electrons. The summed E-state index contributed by atoms with van der Waals surface area (Å²) in [4.78, 5) is 24.8. The second kappa shape index (κ2) is 37.9. The van der Waals surface area contributed by atoms with Crippen molar-refractivity contribution in [1.29, 1.82) is 0 Å². The summed E-state index contributed by atoms with van der Waals surface area (Å²) in [5.74, 6) is -0.471. The van der Waals surface area contributed by atoms with Gasteiger partial charge in [-0.15, -0.1) is 0 Å². The lowest BCUT2D eigenvalue weighted by Crippen LogP contribution is -2.37. The smallest absolute Gasteiger partial charge is 0.305 e. The maximum absolute atomic E-state index is 12.5. The standard InChI is InChI=1S/C46H82NO9P/c1-6-8-10-11-12-13-14-15-16-17-18-19-20-24-27-31-39-53-45(42-56-57(51,52)55-40-38-47(3,4)5)41-54-46(50)37-32-36-44(49)35-30-26-23-21-22-25-29-34-43(48)33-28-9-7-2/h13-14,22-23,25-26,29-31,34-35,39,43-45,48-49H,6-12,15-21,24,27-28,32-33,36-38,40-42H2,1-5H3/b14-13-,25-22-,26-23-,34-29+,35-30+,39-31+/t43-,44-,45+/m0/s1. The zero-order valence-corrected chi connectivity index (χ0v) is 37.4. The highest BCUT2D eigenvalue weighted by Crippen LogP contribution is 2.38. The van der Waals surface area contributed by atoms with Gasteiger partial charge in [-0.2, -0.15) is 0 Å². The Hall–Kier alpha value is -2.30. The van der Waals surface area contributed by atoms with Crippen LogP contribution in [0.15, 0.2) is 73.1 Å². The van der Waals surface area contributed by atoms with E-state index >= 15 is 0 Å². The van der Waals surface area contributed by atoms with Gasteiger partial charge in [0.05, 0.1) is 46.2 Å². The molecule has 0 saturated heterocycles. The Morgan fingerprint density at radius 2 is 1.19 bits per heavy atom. The molecule has 330 valence electrons. The van der Waals surface area contributed by atoms with Crippen molar-refractivity contribution < 1.29 is 47.5 Å². The third-order valence-electron chi connectivity index (χ3n) is 9.03. The summed E-state index contributed by atoms with van der Waals surface area (Å²) in [5.41, 5.74) is 0. The molecule has 10 nitrogen and oxygen atoms in total. The number of aliphatic hydroxyl groups is 2. The van der Waals surface area contributed by atoms with Crippen molar-refractivity contribution in [3.05, 3.63) is 73.1 Å². The Kier molecular flexibility index (Phi) is 36.4. The summed E-state index contributed by atoms with van der Waals surface area (Å²) >= 11 is 0. The van der Waals surface area contributed by atoms with E-state index in [1.54, 1.807) is 18.2 Å². The molecule has 0 bridgehead atoms. The molecular weight excluding hydrogens is 741 g/mol. The lowest BCUT2D eigenvalue weighted by atomic mass is 10.1.